The number of aryl methyl sites for hydroxylation is 1. The van der Waals surface area contributed by atoms with Gasteiger partial charge in [0.1, 0.15) is 5.75 Å². The molecule has 2 rings (SSSR count). The molecule has 0 heterocycles. The fraction of sp³-hybridized carbons (Fsp3) is 0.571. The average molecular weight is 235 g/mol. The first kappa shape index (κ1) is 12.4. The van der Waals surface area contributed by atoms with Crippen LogP contribution in [0.25, 0.3) is 0 Å². The quantitative estimate of drug-likeness (QED) is 0.821. The third kappa shape index (κ3) is 2.79. The van der Waals surface area contributed by atoms with Crippen LogP contribution >= 0.6 is 0 Å². The largest absolute Gasteiger partial charge is 0.493 e. The van der Waals surface area contributed by atoms with E-state index >= 15 is 0 Å². The molecule has 1 atom stereocenters. The highest BCUT2D eigenvalue weighted by Gasteiger charge is 2.23. The molecule has 3 N–H and O–H groups in total. The SMILES string of the molecule is Cc1ccc(C(O)CN)c(OCC2CC2)c1C. The summed E-state index contributed by atoms with van der Waals surface area (Å²) < 4.78 is 5.88. The van der Waals surface area contributed by atoms with E-state index in [4.69, 9.17) is 10.5 Å². The van der Waals surface area contributed by atoms with Crippen LogP contribution in [0.2, 0.25) is 0 Å². The van der Waals surface area contributed by atoms with Crippen LogP contribution in [0.3, 0.4) is 0 Å². The van der Waals surface area contributed by atoms with Crippen molar-refractivity contribution in [3.63, 3.8) is 0 Å². The van der Waals surface area contributed by atoms with Gasteiger partial charge in [0.15, 0.2) is 0 Å². The molecule has 0 bridgehead atoms. The van der Waals surface area contributed by atoms with E-state index < -0.39 is 6.10 Å². The highest BCUT2D eigenvalue weighted by atomic mass is 16.5. The zero-order valence-electron chi connectivity index (χ0n) is 10.6. The maximum atomic E-state index is 9.90. The van der Waals surface area contributed by atoms with Crippen LogP contribution in [0.15, 0.2) is 12.1 Å². The Hall–Kier alpha value is -1.06. The summed E-state index contributed by atoms with van der Waals surface area (Å²) in [5.41, 5.74) is 8.63. The summed E-state index contributed by atoms with van der Waals surface area (Å²) in [5, 5.41) is 9.90. The molecule has 17 heavy (non-hydrogen) atoms. The number of nitrogens with two attached hydrogens (primary N) is 1. The van der Waals surface area contributed by atoms with Crippen molar-refractivity contribution < 1.29 is 9.84 Å². The van der Waals surface area contributed by atoms with Gasteiger partial charge in [0, 0.05) is 12.1 Å². The van der Waals surface area contributed by atoms with Gasteiger partial charge < -0.3 is 15.6 Å². The van der Waals surface area contributed by atoms with E-state index in [0.29, 0.717) is 5.92 Å². The van der Waals surface area contributed by atoms with E-state index in [1.165, 1.54) is 18.4 Å². The molecular weight excluding hydrogens is 214 g/mol. The Balaban J connectivity index is 2.25. The van der Waals surface area contributed by atoms with E-state index in [1.807, 2.05) is 19.1 Å². The summed E-state index contributed by atoms with van der Waals surface area (Å²) in [4.78, 5) is 0. The molecular formula is C14H21NO2. The summed E-state index contributed by atoms with van der Waals surface area (Å²) in [6.45, 7) is 5.07. The lowest BCUT2D eigenvalue weighted by Crippen LogP contribution is -2.14. The second kappa shape index (κ2) is 5.07. The van der Waals surface area contributed by atoms with E-state index in [9.17, 15) is 5.11 Å². The minimum Gasteiger partial charge on any atom is -0.493 e. The predicted octanol–water partition coefficient (Wildman–Crippen LogP) is 2.08. The fourth-order valence-electron chi connectivity index (χ4n) is 1.88. The summed E-state index contributed by atoms with van der Waals surface area (Å²) in [5.74, 6) is 1.53. The smallest absolute Gasteiger partial charge is 0.128 e. The summed E-state index contributed by atoms with van der Waals surface area (Å²) in [7, 11) is 0. The van der Waals surface area contributed by atoms with Crippen molar-refractivity contribution in [3.05, 3.63) is 28.8 Å². The van der Waals surface area contributed by atoms with Crippen LogP contribution in [0.1, 0.15) is 35.6 Å². The number of rotatable bonds is 5. The summed E-state index contributed by atoms with van der Waals surface area (Å²) >= 11 is 0. The van der Waals surface area contributed by atoms with Gasteiger partial charge in [-0.05, 0) is 43.7 Å². The number of benzene rings is 1. The zero-order chi connectivity index (χ0) is 12.4. The standard InChI is InChI=1S/C14H21NO2/c1-9-3-6-12(13(16)7-15)14(10(9)2)17-8-11-4-5-11/h3,6,11,13,16H,4-5,7-8,15H2,1-2H3. The van der Waals surface area contributed by atoms with Crippen molar-refractivity contribution in [2.24, 2.45) is 11.7 Å². The van der Waals surface area contributed by atoms with Crippen LogP contribution in [0, 0.1) is 19.8 Å². The lowest BCUT2D eigenvalue weighted by molar-refractivity contribution is 0.178. The van der Waals surface area contributed by atoms with Crippen LogP contribution in [0.4, 0.5) is 0 Å². The minimum absolute atomic E-state index is 0.224. The molecule has 3 heteroatoms. The van der Waals surface area contributed by atoms with Crippen molar-refractivity contribution in [1.29, 1.82) is 0 Å². The first-order valence-electron chi connectivity index (χ1n) is 6.24. The molecule has 1 fully saturated rings. The number of hydrogen-bond acceptors (Lipinski definition) is 3. The highest BCUT2D eigenvalue weighted by Crippen LogP contribution is 2.34. The normalized spacial score (nSPS) is 16.9. The maximum absolute atomic E-state index is 9.90. The third-order valence-corrected chi connectivity index (χ3v) is 3.45. The molecule has 1 unspecified atom stereocenters. The van der Waals surface area contributed by atoms with Gasteiger partial charge in [-0.2, -0.15) is 0 Å². The molecule has 1 aromatic carbocycles. The highest BCUT2D eigenvalue weighted by molar-refractivity contribution is 5.46. The van der Waals surface area contributed by atoms with Gasteiger partial charge in [-0.15, -0.1) is 0 Å². The Morgan fingerprint density at radius 2 is 2.12 bits per heavy atom. The first-order valence-corrected chi connectivity index (χ1v) is 6.24. The Morgan fingerprint density at radius 3 is 2.71 bits per heavy atom. The van der Waals surface area contributed by atoms with Crippen LogP contribution in [0.5, 0.6) is 5.75 Å². The van der Waals surface area contributed by atoms with E-state index in [-0.39, 0.29) is 6.54 Å². The average Bonchev–Trinajstić information content (AvgIpc) is 3.14. The van der Waals surface area contributed by atoms with Crippen LogP contribution < -0.4 is 10.5 Å². The van der Waals surface area contributed by atoms with Gasteiger partial charge in [-0.3, -0.25) is 0 Å². The first-order chi connectivity index (χ1) is 8.13. The van der Waals surface area contributed by atoms with Gasteiger partial charge >= 0.3 is 0 Å². The molecule has 0 aliphatic heterocycles. The zero-order valence-corrected chi connectivity index (χ0v) is 10.6. The molecule has 1 saturated carbocycles. The van der Waals surface area contributed by atoms with E-state index in [0.717, 1.165) is 23.5 Å². The van der Waals surface area contributed by atoms with Crippen LogP contribution in [-0.4, -0.2) is 18.3 Å². The topological polar surface area (TPSA) is 55.5 Å². The third-order valence-electron chi connectivity index (χ3n) is 3.45. The summed E-state index contributed by atoms with van der Waals surface area (Å²) in [6, 6.07) is 3.93. The van der Waals surface area contributed by atoms with Gasteiger partial charge in [-0.1, -0.05) is 12.1 Å². The molecule has 0 aromatic heterocycles. The molecule has 1 aliphatic rings. The minimum atomic E-state index is -0.636. The lowest BCUT2D eigenvalue weighted by atomic mass is 10.0. The molecule has 0 amide bonds. The number of ether oxygens (including phenoxy) is 1. The van der Waals surface area contributed by atoms with Gasteiger partial charge in [0.2, 0.25) is 0 Å². The van der Waals surface area contributed by atoms with Crippen molar-refractivity contribution >= 4 is 0 Å². The number of aliphatic hydroxyl groups is 1. The fourth-order valence-corrected chi connectivity index (χ4v) is 1.88. The molecule has 0 saturated heterocycles. The van der Waals surface area contributed by atoms with Crippen LogP contribution in [-0.2, 0) is 0 Å². The molecule has 94 valence electrons. The van der Waals surface area contributed by atoms with Gasteiger partial charge in [0.05, 0.1) is 12.7 Å². The number of aliphatic hydroxyl groups excluding tert-OH is 1. The Morgan fingerprint density at radius 1 is 1.41 bits per heavy atom. The predicted molar refractivity (Wildman–Crippen MR) is 68.1 cm³/mol. The van der Waals surface area contributed by atoms with Crippen molar-refractivity contribution in [2.45, 2.75) is 32.8 Å². The van der Waals surface area contributed by atoms with Gasteiger partial charge in [-0.25, -0.2) is 0 Å². The van der Waals surface area contributed by atoms with E-state index in [2.05, 4.69) is 6.92 Å². The van der Waals surface area contributed by atoms with Gasteiger partial charge in [0.25, 0.3) is 0 Å². The van der Waals surface area contributed by atoms with Crippen molar-refractivity contribution in [1.82, 2.24) is 0 Å². The molecule has 1 aromatic rings. The molecule has 1 aliphatic carbocycles. The second-order valence-corrected chi connectivity index (χ2v) is 4.93. The molecule has 3 nitrogen and oxygen atoms in total. The monoisotopic (exact) mass is 235 g/mol. The Bertz CT molecular complexity index is 399. The van der Waals surface area contributed by atoms with Crippen molar-refractivity contribution in [3.8, 4) is 5.75 Å². The second-order valence-electron chi connectivity index (χ2n) is 4.93. The van der Waals surface area contributed by atoms with E-state index in [1.54, 1.807) is 0 Å². The number of hydrogen-bond donors (Lipinski definition) is 2. The van der Waals surface area contributed by atoms with Crippen molar-refractivity contribution in [2.75, 3.05) is 13.2 Å². The Kier molecular flexibility index (Phi) is 3.69. The summed E-state index contributed by atoms with van der Waals surface area (Å²) in [6.07, 6.45) is 1.89. The molecule has 0 spiro atoms. The lowest BCUT2D eigenvalue weighted by Gasteiger charge is -2.18. The molecule has 0 radical (unpaired) electrons. The maximum Gasteiger partial charge on any atom is 0.128 e. The Labute approximate surface area is 103 Å².